The molecule has 0 saturated heterocycles. The van der Waals surface area contributed by atoms with Crippen molar-refractivity contribution in [2.75, 3.05) is 20.3 Å². The molecule has 1 rings (SSSR count). The molecule has 7 nitrogen and oxygen atoms in total. The average molecular weight is 443 g/mol. The Morgan fingerprint density at radius 3 is 2.13 bits per heavy atom. The van der Waals surface area contributed by atoms with Crippen LogP contribution in [0, 0.1) is 0 Å². The molecule has 1 amide bonds. The fourth-order valence-corrected chi connectivity index (χ4v) is 2.65. The van der Waals surface area contributed by atoms with Crippen molar-refractivity contribution in [3.8, 4) is 0 Å². The molecule has 0 saturated carbocycles. The van der Waals surface area contributed by atoms with Crippen molar-refractivity contribution in [1.82, 2.24) is 10.6 Å². The first-order chi connectivity index (χ1) is 13.8. The number of ether oxygens (including phenoxy) is 3. The van der Waals surface area contributed by atoms with Crippen LogP contribution in [0.4, 0.5) is 4.79 Å². The number of methoxy groups -OCH3 is 1. The summed E-state index contributed by atoms with van der Waals surface area (Å²) in [6.45, 7) is 11.6. The van der Waals surface area contributed by atoms with Gasteiger partial charge >= 0.3 is 12.1 Å². The molecule has 0 heterocycles. The van der Waals surface area contributed by atoms with E-state index in [9.17, 15) is 9.59 Å². The third-order valence-corrected chi connectivity index (χ3v) is 4.15. The van der Waals surface area contributed by atoms with E-state index in [0.29, 0.717) is 18.0 Å². The van der Waals surface area contributed by atoms with Gasteiger partial charge in [0.25, 0.3) is 0 Å². The van der Waals surface area contributed by atoms with E-state index in [1.165, 1.54) is 7.11 Å². The van der Waals surface area contributed by atoms with E-state index in [4.69, 9.17) is 25.8 Å². The van der Waals surface area contributed by atoms with Crippen LogP contribution in [0.15, 0.2) is 24.3 Å². The fraction of sp³-hybridized carbons (Fsp3) is 0.636. The zero-order valence-electron chi connectivity index (χ0n) is 19.0. The third-order valence-electron chi connectivity index (χ3n) is 3.90. The summed E-state index contributed by atoms with van der Waals surface area (Å²) in [6.07, 6.45) is 0.000993. The Labute approximate surface area is 184 Å². The zero-order valence-corrected chi connectivity index (χ0v) is 19.8. The lowest BCUT2D eigenvalue weighted by Gasteiger charge is -2.27. The van der Waals surface area contributed by atoms with Crippen LogP contribution in [-0.2, 0) is 25.4 Å². The fourth-order valence-electron chi connectivity index (χ4n) is 2.52. The molecule has 0 aliphatic heterocycles. The van der Waals surface area contributed by atoms with Crippen LogP contribution in [0.1, 0.15) is 47.1 Å². The molecule has 2 atom stereocenters. The van der Waals surface area contributed by atoms with Crippen molar-refractivity contribution in [2.45, 2.75) is 71.2 Å². The Balaban J connectivity index is 2.86. The van der Waals surface area contributed by atoms with Gasteiger partial charge in [-0.15, -0.1) is 0 Å². The summed E-state index contributed by atoms with van der Waals surface area (Å²) in [5.74, 6) is -0.429. The molecule has 0 aliphatic carbocycles. The van der Waals surface area contributed by atoms with E-state index in [0.717, 1.165) is 5.56 Å². The number of carbonyl (C=O) groups is 2. The second-order valence-electron chi connectivity index (χ2n) is 9.08. The van der Waals surface area contributed by atoms with Gasteiger partial charge in [-0.2, -0.15) is 0 Å². The standard InChI is InChI=1S/C22H35ClN2O5/c1-21(2,3)29-14-18(19(26)28-7)24-13-17(25-20(27)30-22(4,5)6)12-15-8-10-16(23)11-9-15/h8-11,17-18,24H,12-14H2,1-7H3,(H,25,27). The first kappa shape index (κ1) is 26.2. The molecule has 30 heavy (non-hydrogen) atoms. The van der Waals surface area contributed by atoms with Crippen LogP contribution in [0.25, 0.3) is 0 Å². The van der Waals surface area contributed by atoms with Gasteiger partial charge in [0.1, 0.15) is 11.6 Å². The molecular formula is C22H35ClN2O5. The quantitative estimate of drug-likeness (QED) is 0.567. The van der Waals surface area contributed by atoms with E-state index >= 15 is 0 Å². The minimum absolute atomic E-state index is 0.149. The highest BCUT2D eigenvalue weighted by Crippen LogP contribution is 2.13. The monoisotopic (exact) mass is 442 g/mol. The molecule has 0 aromatic heterocycles. The molecule has 8 heteroatoms. The largest absolute Gasteiger partial charge is 0.468 e. The number of hydrogen-bond donors (Lipinski definition) is 2. The number of alkyl carbamates (subject to hydrolysis) is 1. The van der Waals surface area contributed by atoms with E-state index in [2.05, 4.69) is 10.6 Å². The molecule has 0 bridgehead atoms. The molecular weight excluding hydrogens is 408 g/mol. The lowest BCUT2D eigenvalue weighted by atomic mass is 10.1. The van der Waals surface area contributed by atoms with Gasteiger partial charge in [-0.05, 0) is 65.7 Å². The molecule has 1 aromatic carbocycles. The summed E-state index contributed by atoms with van der Waals surface area (Å²) < 4.78 is 16.0. The Hall–Kier alpha value is -1.83. The van der Waals surface area contributed by atoms with Gasteiger partial charge < -0.3 is 24.8 Å². The van der Waals surface area contributed by atoms with Crippen molar-refractivity contribution < 1.29 is 23.8 Å². The second kappa shape index (κ2) is 11.5. The predicted molar refractivity (Wildman–Crippen MR) is 118 cm³/mol. The van der Waals surface area contributed by atoms with Gasteiger partial charge in [0, 0.05) is 17.6 Å². The summed E-state index contributed by atoms with van der Waals surface area (Å²) in [5, 5.41) is 6.66. The van der Waals surface area contributed by atoms with Crippen LogP contribution in [0.5, 0.6) is 0 Å². The zero-order chi connectivity index (χ0) is 22.9. The molecule has 0 aliphatic rings. The Morgan fingerprint density at radius 1 is 1.03 bits per heavy atom. The molecule has 0 radical (unpaired) electrons. The van der Waals surface area contributed by atoms with Crippen LogP contribution in [0.2, 0.25) is 5.02 Å². The van der Waals surface area contributed by atoms with Crippen molar-refractivity contribution in [2.24, 2.45) is 0 Å². The van der Waals surface area contributed by atoms with Gasteiger partial charge in [0.15, 0.2) is 0 Å². The maximum absolute atomic E-state index is 12.3. The first-order valence-corrected chi connectivity index (χ1v) is 10.4. The smallest absolute Gasteiger partial charge is 0.407 e. The number of nitrogens with one attached hydrogen (secondary N) is 2. The number of halogens is 1. The predicted octanol–water partition coefficient (Wildman–Crippen LogP) is 3.72. The third kappa shape index (κ3) is 11.4. The summed E-state index contributed by atoms with van der Waals surface area (Å²) in [7, 11) is 1.33. The highest BCUT2D eigenvalue weighted by Gasteiger charge is 2.25. The van der Waals surface area contributed by atoms with Crippen molar-refractivity contribution >= 4 is 23.7 Å². The second-order valence-corrected chi connectivity index (χ2v) is 9.52. The average Bonchev–Trinajstić information content (AvgIpc) is 2.60. The van der Waals surface area contributed by atoms with Gasteiger partial charge in [-0.25, -0.2) is 4.79 Å². The Kier molecular flexibility index (Phi) is 10.1. The Bertz CT molecular complexity index is 680. The lowest BCUT2D eigenvalue weighted by Crippen LogP contribution is -2.51. The summed E-state index contributed by atoms with van der Waals surface area (Å²) in [5.41, 5.74) is -0.0223. The van der Waals surface area contributed by atoms with Crippen molar-refractivity contribution in [3.05, 3.63) is 34.9 Å². The van der Waals surface area contributed by atoms with Gasteiger partial charge in [0.2, 0.25) is 0 Å². The van der Waals surface area contributed by atoms with E-state index in [1.54, 1.807) is 32.9 Å². The number of benzene rings is 1. The molecule has 170 valence electrons. The van der Waals surface area contributed by atoms with Crippen LogP contribution in [0.3, 0.4) is 0 Å². The molecule has 0 fully saturated rings. The summed E-state index contributed by atoms with van der Waals surface area (Å²) in [4.78, 5) is 24.5. The van der Waals surface area contributed by atoms with E-state index in [-0.39, 0.29) is 12.6 Å². The van der Waals surface area contributed by atoms with Gasteiger partial charge in [-0.1, -0.05) is 23.7 Å². The lowest BCUT2D eigenvalue weighted by molar-refractivity contribution is -0.146. The minimum Gasteiger partial charge on any atom is -0.468 e. The van der Waals surface area contributed by atoms with E-state index < -0.39 is 29.3 Å². The maximum atomic E-state index is 12.3. The Morgan fingerprint density at radius 2 is 1.63 bits per heavy atom. The van der Waals surface area contributed by atoms with Gasteiger partial charge in [-0.3, -0.25) is 4.79 Å². The topological polar surface area (TPSA) is 85.9 Å². The highest BCUT2D eigenvalue weighted by molar-refractivity contribution is 6.30. The van der Waals surface area contributed by atoms with Crippen molar-refractivity contribution in [3.63, 3.8) is 0 Å². The number of hydrogen-bond acceptors (Lipinski definition) is 6. The normalized spacial score (nSPS) is 14.0. The van der Waals surface area contributed by atoms with Crippen LogP contribution < -0.4 is 10.6 Å². The minimum atomic E-state index is -0.664. The number of esters is 1. The number of rotatable bonds is 9. The first-order valence-electron chi connectivity index (χ1n) is 9.98. The van der Waals surface area contributed by atoms with E-state index in [1.807, 2.05) is 32.9 Å². The molecule has 1 aromatic rings. The SMILES string of the molecule is COC(=O)C(COC(C)(C)C)NCC(Cc1ccc(Cl)cc1)NC(=O)OC(C)(C)C. The molecule has 2 unspecified atom stereocenters. The van der Waals surface area contributed by atoms with Gasteiger partial charge in [0.05, 0.1) is 19.3 Å². The molecule has 2 N–H and O–H groups in total. The summed E-state index contributed by atoms with van der Waals surface area (Å²) >= 11 is 5.96. The number of amides is 1. The highest BCUT2D eigenvalue weighted by atomic mass is 35.5. The van der Waals surface area contributed by atoms with Crippen LogP contribution in [-0.4, -0.2) is 55.6 Å². The van der Waals surface area contributed by atoms with Crippen LogP contribution >= 0.6 is 11.6 Å². The maximum Gasteiger partial charge on any atom is 0.407 e. The molecule has 0 spiro atoms. The summed E-state index contributed by atoms with van der Waals surface area (Å²) in [6, 6.07) is 6.39. The number of carbonyl (C=O) groups excluding carboxylic acids is 2. The van der Waals surface area contributed by atoms with Crippen molar-refractivity contribution in [1.29, 1.82) is 0 Å².